The number of nitrogens with one attached hydrogen (secondary N) is 2. The molecule has 0 aliphatic rings. The average Bonchev–Trinajstić information content (AvgIpc) is 2.95. The van der Waals surface area contributed by atoms with E-state index in [1.165, 1.54) is 19.2 Å². The second kappa shape index (κ2) is 13.1. The van der Waals surface area contributed by atoms with Gasteiger partial charge in [0, 0.05) is 29.0 Å². The predicted octanol–water partition coefficient (Wildman–Crippen LogP) is 6.27. The Hall–Kier alpha value is -5.04. The molecule has 2 amide bonds. The zero-order valence-electron chi connectivity index (χ0n) is 22.3. The standard InChI is InChI=1S/C29H27F3N4O6/c1-40-25-15-21-23(16-26(25)41-14-2-3-22(33)27(37)38)34-13-12-24(21)42-20-10-8-19(9-11-20)36-28(39)35-18-6-4-17(5-7-18)29(30,31)32/h4-13,15-16,22H,2-3,14,33H2,1H3,(H,37,38)(H2,35,36,39)/t22-/m0/s1. The van der Waals surface area contributed by atoms with E-state index in [1.54, 1.807) is 48.7 Å². The number of hydrogen-bond donors (Lipinski definition) is 4. The van der Waals surface area contributed by atoms with Gasteiger partial charge >= 0.3 is 18.2 Å². The lowest BCUT2D eigenvalue weighted by molar-refractivity contribution is -0.139. The number of rotatable bonds is 11. The molecule has 13 heteroatoms. The van der Waals surface area contributed by atoms with Crippen molar-refractivity contribution in [3.63, 3.8) is 0 Å². The number of methoxy groups -OCH3 is 1. The maximum atomic E-state index is 12.7. The molecule has 3 aromatic carbocycles. The Balaban J connectivity index is 1.39. The van der Waals surface area contributed by atoms with E-state index in [1.807, 2.05) is 0 Å². The summed E-state index contributed by atoms with van der Waals surface area (Å²) in [5, 5.41) is 14.6. The summed E-state index contributed by atoms with van der Waals surface area (Å²) in [6.07, 6.45) is -2.19. The first-order chi connectivity index (χ1) is 20.0. The van der Waals surface area contributed by atoms with Gasteiger partial charge in [-0.2, -0.15) is 13.2 Å². The second-order valence-electron chi connectivity index (χ2n) is 9.05. The molecule has 4 aromatic rings. The summed E-state index contributed by atoms with van der Waals surface area (Å²) in [5.41, 5.74) is 5.92. The second-order valence-corrected chi connectivity index (χ2v) is 9.05. The topological polar surface area (TPSA) is 145 Å². The molecule has 5 N–H and O–H groups in total. The first-order valence-corrected chi connectivity index (χ1v) is 12.6. The third kappa shape index (κ3) is 7.79. The van der Waals surface area contributed by atoms with Crippen LogP contribution < -0.4 is 30.6 Å². The SMILES string of the molecule is COc1cc2c(Oc3ccc(NC(=O)Nc4ccc(C(F)(F)F)cc4)cc3)ccnc2cc1OCCC[C@H](N)C(=O)O. The number of urea groups is 1. The maximum absolute atomic E-state index is 12.7. The molecular weight excluding hydrogens is 557 g/mol. The van der Waals surface area contributed by atoms with Crippen LogP contribution in [-0.2, 0) is 11.0 Å². The van der Waals surface area contributed by atoms with Crippen molar-refractivity contribution < 1.29 is 42.1 Å². The van der Waals surface area contributed by atoms with Crippen molar-refractivity contribution in [2.24, 2.45) is 5.73 Å². The summed E-state index contributed by atoms with van der Waals surface area (Å²) in [4.78, 5) is 27.5. The van der Waals surface area contributed by atoms with Crippen LogP contribution in [0.5, 0.6) is 23.0 Å². The summed E-state index contributed by atoms with van der Waals surface area (Å²) in [7, 11) is 1.49. The molecule has 10 nitrogen and oxygen atoms in total. The number of carboxylic acid groups (broad SMARTS) is 1. The summed E-state index contributed by atoms with van der Waals surface area (Å²) in [5.74, 6) is 0.747. The highest BCUT2D eigenvalue weighted by Gasteiger charge is 2.30. The Kier molecular flexibility index (Phi) is 9.32. The minimum absolute atomic E-state index is 0.205. The van der Waals surface area contributed by atoms with Gasteiger partial charge in [-0.15, -0.1) is 0 Å². The number of halogens is 3. The van der Waals surface area contributed by atoms with Crippen LogP contribution in [-0.4, -0.2) is 41.8 Å². The molecule has 0 radical (unpaired) electrons. The Bertz CT molecular complexity index is 1550. The number of carbonyl (C=O) groups is 2. The van der Waals surface area contributed by atoms with Gasteiger partial charge < -0.3 is 35.7 Å². The quantitative estimate of drug-likeness (QED) is 0.151. The minimum Gasteiger partial charge on any atom is -0.493 e. The van der Waals surface area contributed by atoms with Gasteiger partial charge in [-0.25, -0.2) is 4.79 Å². The molecule has 0 aliphatic heterocycles. The molecule has 0 unspecified atom stereocenters. The molecule has 1 aromatic heterocycles. The highest BCUT2D eigenvalue weighted by Crippen LogP contribution is 2.37. The van der Waals surface area contributed by atoms with Crippen LogP contribution in [0.3, 0.4) is 0 Å². The molecule has 1 atom stereocenters. The average molecular weight is 585 g/mol. The normalized spacial score (nSPS) is 11.9. The van der Waals surface area contributed by atoms with Crippen molar-refractivity contribution >= 4 is 34.3 Å². The number of pyridine rings is 1. The van der Waals surface area contributed by atoms with Gasteiger partial charge in [-0.3, -0.25) is 9.78 Å². The highest BCUT2D eigenvalue weighted by atomic mass is 19.4. The molecule has 0 spiro atoms. The van der Waals surface area contributed by atoms with Crippen molar-refractivity contribution in [2.45, 2.75) is 25.1 Å². The molecule has 0 saturated heterocycles. The smallest absolute Gasteiger partial charge is 0.416 e. The maximum Gasteiger partial charge on any atom is 0.416 e. The van der Waals surface area contributed by atoms with Crippen LogP contribution in [0, 0.1) is 0 Å². The van der Waals surface area contributed by atoms with Gasteiger partial charge in [-0.1, -0.05) is 0 Å². The predicted molar refractivity (Wildman–Crippen MR) is 149 cm³/mol. The number of amides is 2. The summed E-state index contributed by atoms with van der Waals surface area (Å²) >= 11 is 0. The van der Waals surface area contributed by atoms with E-state index < -0.39 is 29.8 Å². The number of ether oxygens (including phenoxy) is 3. The van der Waals surface area contributed by atoms with Crippen molar-refractivity contribution in [3.8, 4) is 23.0 Å². The molecule has 0 aliphatic carbocycles. The van der Waals surface area contributed by atoms with Crippen molar-refractivity contribution in [2.75, 3.05) is 24.4 Å². The number of aliphatic carboxylic acids is 1. The summed E-state index contributed by atoms with van der Waals surface area (Å²) in [6, 6.07) is 14.1. The number of aromatic nitrogens is 1. The number of alkyl halides is 3. The number of carbonyl (C=O) groups excluding carboxylic acids is 1. The fourth-order valence-electron chi connectivity index (χ4n) is 3.87. The Morgan fingerprint density at radius 1 is 0.952 bits per heavy atom. The fraction of sp³-hybridized carbons (Fsp3) is 0.207. The molecule has 1 heterocycles. The number of carboxylic acids is 1. The molecular formula is C29H27F3N4O6. The summed E-state index contributed by atoms with van der Waals surface area (Å²) < 4.78 is 55.5. The van der Waals surface area contributed by atoms with Crippen molar-refractivity contribution in [1.29, 1.82) is 0 Å². The van der Waals surface area contributed by atoms with Crippen LogP contribution in [0.2, 0.25) is 0 Å². The van der Waals surface area contributed by atoms with E-state index in [4.69, 9.17) is 25.1 Å². The van der Waals surface area contributed by atoms with Gasteiger partial charge in [0.2, 0.25) is 0 Å². The molecule has 220 valence electrons. The van der Waals surface area contributed by atoms with Crippen LogP contribution in [0.4, 0.5) is 29.3 Å². The number of hydrogen-bond acceptors (Lipinski definition) is 7. The van der Waals surface area contributed by atoms with E-state index in [0.717, 1.165) is 12.1 Å². The lowest BCUT2D eigenvalue weighted by atomic mass is 10.1. The van der Waals surface area contributed by atoms with E-state index in [-0.39, 0.29) is 18.7 Å². The van der Waals surface area contributed by atoms with Gasteiger partial charge in [0.05, 0.1) is 24.8 Å². The molecule has 4 rings (SSSR count). The molecule has 0 saturated carbocycles. The van der Waals surface area contributed by atoms with Crippen LogP contribution in [0.1, 0.15) is 18.4 Å². The third-order valence-electron chi connectivity index (χ3n) is 6.03. The van der Waals surface area contributed by atoms with E-state index in [9.17, 15) is 22.8 Å². The van der Waals surface area contributed by atoms with Gasteiger partial charge in [0.1, 0.15) is 17.5 Å². The Morgan fingerprint density at radius 3 is 2.19 bits per heavy atom. The highest BCUT2D eigenvalue weighted by molar-refractivity contribution is 5.99. The number of benzene rings is 3. The zero-order valence-corrected chi connectivity index (χ0v) is 22.3. The minimum atomic E-state index is -4.46. The number of nitrogens with zero attached hydrogens (tertiary/aromatic N) is 1. The molecule has 0 bridgehead atoms. The van der Waals surface area contributed by atoms with E-state index in [0.29, 0.717) is 46.0 Å². The van der Waals surface area contributed by atoms with E-state index >= 15 is 0 Å². The number of nitrogens with two attached hydrogens (primary N) is 1. The zero-order chi connectivity index (χ0) is 30.3. The van der Waals surface area contributed by atoms with E-state index in [2.05, 4.69) is 15.6 Å². The van der Waals surface area contributed by atoms with Gasteiger partial charge in [-0.05, 0) is 73.5 Å². The van der Waals surface area contributed by atoms with Crippen LogP contribution in [0.15, 0.2) is 72.9 Å². The lowest BCUT2D eigenvalue weighted by Crippen LogP contribution is -2.30. The monoisotopic (exact) mass is 584 g/mol. The van der Waals surface area contributed by atoms with Crippen molar-refractivity contribution in [3.05, 3.63) is 78.5 Å². The van der Waals surface area contributed by atoms with Gasteiger partial charge in [0.25, 0.3) is 0 Å². The van der Waals surface area contributed by atoms with Gasteiger partial charge in [0.15, 0.2) is 11.5 Å². The van der Waals surface area contributed by atoms with Crippen molar-refractivity contribution in [1.82, 2.24) is 4.98 Å². The molecule has 0 fully saturated rings. The number of fused-ring (bicyclic) bond motifs is 1. The Morgan fingerprint density at radius 2 is 1.60 bits per heavy atom. The fourth-order valence-corrected chi connectivity index (χ4v) is 3.87. The summed E-state index contributed by atoms with van der Waals surface area (Å²) in [6.45, 7) is 0.238. The molecule has 42 heavy (non-hydrogen) atoms. The third-order valence-corrected chi connectivity index (χ3v) is 6.03. The van der Waals surface area contributed by atoms with Crippen LogP contribution in [0.25, 0.3) is 10.9 Å². The van der Waals surface area contributed by atoms with Crippen LogP contribution >= 0.6 is 0 Å². The Labute approximate surface area is 238 Å². The lowest BCUT2D eigenvalue weighted by Gasteiger charge is -2.14. The largest absolute Gasteiger partial charge is 0.493 e. The number of anilines is 2. The first-order valence-electron chi connectivity index (χ1n) is 12.6. The first kappa shape index (κ1) is 29.9.